The van der Waals surface area contributed by atoms with Gasteiger partial charge in [-0.15, -0.1) is 0 Å². The molecule has 0 aliphatic carbocycles. The van der Waals surface area contributed by atoms with Crippen molar-refractivity contribution in [3.63, 3.8) is 0 Å². The molecule has 16 aromatic rings. The van der Waals surface area contributed by atoms with Crippen LogP contribution in [0.25, 0.3) is 143 Å². The Morgan fingerprint density at radius 1 is 0.211 bits per heavy atom. The van der Waals surface area contributed by atoms with Gasteiger partial charge in [-0.05, 0) is 123 Å². The molecule has 0 saturated heterocycles. The molecule has 0 bridgehead atoms. The zero-order valence-corrected chi connectivity index (χ0v) is 41.3. The standard InChI is InChI=1S/2C36H23NO/c1-3-11-24(12-4-1)26-21-27(25-13-5-2-6-14-25)23-28(22-26)37-32-17-9-7-16-31(32)35-33(37)20-19-30-29-15-8-10-18-34(29)38-36(30)35;1-3-11-24(12-4-1)26-19-27(25-13-5-2-6-14-25)21-28(20-26)37-33-17-9-7-15-29(33)31-22-32-30-16-8-10-18-35(30)38-36(32)23-34(31)37/h2*1-23H. The summed E-state index contributed by atoms with van der Waals surface area (Å²) in [6.07, 6.45) is 0. The van der Waals surface area contributed by atoms with Crippen molar-refractivity contribution in [1.29, 1.82) is 0 Å². The first-order chi connectivity index (χ1) is 37.7. The Balaban J connectivity index is 0.000000133. The molecule has 0 aliphatic rings. The zero-order chi connectivity index (χ0) is 50.1. The van der Waals surface area contributed by atoms with Gasteiger partial charge in [-0.1, -0.05) is 194 Å². The van der Waals surface area contributed by atoms with E-state index < -0.39 is 0 Å². The number of hydrogen-bond acceptors (Lipinski definition) is 2. The van der Waals surface area contributed by atoms with Crippen molar-refractivity contribution in [3.8, 4) is 55.9 Å². The maximum Gasteiger partial charge on any atom is 0.145 e. The van der Waals surface area contributed by atoms with Gasteiger partial charge in [0.25, 0.3) is 0 Å². The summed E-state index contributed by atoms with van der Waals surface area (Å²) in [6.45, 7) is 0. The van der Waals surface area contributed by atoms with Crippen molar-refractivity contribution >= 4 is 87.5 Å². The Morgan fingerprint density at radius 2 is 0.618 bits per heavy atom. The van der Waals surface area contributed by atoms with Gasteiger partial charge >= 0.3 is 0 Å². The monoisotopic (exact) mass is 970 g/mol. The van der Waals surface area contributed by atoms with E-state index in [2.05, 4.69) is 270 Å². The second-order valence-electron chi connectivity index (χ2n) is 19.6. The molecule has 0 fully saturated rings. The minimum Gasteiger partial charge on any atom is -0.456 e. The van der Waals surface area contributed by atoms with Crippen molar-refractivity contribution in [2.75, 3.05) is 0 Å². The molecule has 0 atom stereocenters. The number of nitrogens with zero attached hydrogens (tertiary/aromatic N) is 2. The van der Waals surface area contributed by atoms with Crippen molar-refractivity contribution in [3.05, 3.63) is 279 Å². The Hall–Kier alpha value is -10.2. The Kier molecular flexibility index (Phi) is 10.2. The molecule has 16 rings (SSSR count). The van der Waals surface area contributed by atoms with Crippen LogP contribution in [0.2, 0.25) is 0 Å². The van der Waals surface area contributed by atoms with E-state index in [-0.39, 0.29) is 0 Å². The topological polar surface area (TPSA) is 36.1 Å². The van der Waals surface area contributed by atoms with Crippen LogP contribution in [-0.2, 0) is 0 Å². The predicted octanol–water partition coefficient (Wildman–Crippen LogP) is 20.0. The normalized spacial score (nSPS) is 11.7. The van der Waals surface area contributed by atoms with Crippen LogP contribution in [0.1, 0.15) is 0 Å². The van der Waals surface area contributed by atoms with E-state index in [0.29, 0.717) is 0 Å². The van der Waals surface area contributed by atoms with Crippen molar-refractivity contribution in [2.24, 2.45) is 0 Å². The second kappa shape index (κ2) is 17.8. The molecule has 0 aliphatic heterocycles. The summed E-state index contributed by atoms with van der Waals surface area (Å²) in [6, 6.07) is 99.2. The van der Waals surface area contributed by atoms with E-state index in [4.69, 9.17) is 8.83 Å². The third kappa shape index (κ3) is 7.22. The lowest BCUT2D eigenvalue weighted by atomic mass is 9.98. The lowest BCUT2D eigenvalue weighted by Gasteiger charge is -2.14. The highest BCUT2D eigenvalue weighted by atomic mass is 16.3. The first-order valence-corrected chi connectivity index (χ1v) is 25.9. The van der Waals surface area contributed by atoms with Crippen molar-refractivity contribution in [1.82, 2.24) is 9.13 Å². The smallest absolute Gasteiger partial charge is 0.145 e. The van der Waals surface area contributed by atoms with Gasteiger partial charge in [-0.25, -0.2) is 0 Å². The van der Waals surface area contributed by atoms with Gasteiger partial charge in [-0.3, -0.25) is 0 Å². The average Bonchev–Trinajstić information content (AvgIpc) is 4.35. The number of hydrogen-bond donors (Lipinski definition) is 0. The molecule has 0 unspecified atom stereocenters. The van der Waals surface area contributed by atoms with Gasteiger partial charge in [-0.2, -0.15) is 0 Å². The fourth-order valence-corrected chi connectivity index (χ4v) is 11.6. The predicted molar refractivity (Wildman–Crippen MR) is 318 cm³/mol. The summed E-state index contributed by atoms with van der Waals surface area (Å²) in [5.41, 5.74) is 20.2. The van der Waals surface area contributed by atoms with Crippen LogP contribution in [0.4, 0.5) is 0 Å². The number of rotatable bonds is 6. The van der Waals surface area contributed by atoms with Crippen molar-refractivity contribution < 1.29 is 8.83 Å². The second-order valence-corrected chi connectivity index (χ2v) is 19.6. The summed E-state index contributed by atoms with van der Waals surface area (Å²) in [7, 11) is 0. The number of benzene rings is 12. The fourth-order valence-electron chi connectivity index (χ4n) is 11.6. The van der Waals surface area contributed by atoms with Crippen LogP contribution in [0.3, 0.4) is 0 Å². The fraction of sp³-hybridized carbons (Fsp3) is 0. The minimum absolute atomic E-state index is 0.908. The van der Waals surface area contributed by atoms with E-state index in [1.165, 1.54) is 71.7 Å². The molecule has 0 radical (unpaired) electrons. The van der Waals surface area contributed by atoms with Crippen LogP contribution in [0.15, 0.2) is 288 Å². The Labute approximate surface area is 438 Å². The molecule has 0 N–H and O–H groups in total. The molecule has 0 saturated carbocycles. The zero-order valence-electron chi connectivity index (χ0n) is 41.3. The maximum atomic E-state index is 6.50. The van der Waals surface area contributed by atoms with Crippen molar-refractivity contribution in [2.45, 2.75) is 0 Å². The van der Waals surface area contributed by atoms with Crippen LogP contribution in [0.5, 0.6) is 0 Å². The number of aromatic nitrogens is 2. The third-order valence-corrected chi connectivity index (χ3v) is 15.1. The first-order valence-electron chi connectivity index (χ1n) is 25.9. The van der Waals surface area contributed by atoms with Gasteiger partial charge < -0.3 is 18.0 Å². The van der Waals surface area contributed by atoms with Crippen LogP contribution < -0.4 is 0 Å². The first kappa shape index (κ1) is 43.4. The summed E-state index contributed by atoms with van der Waals surface area (Å²) < 4.78 is 17.6. The molecule has 4 heteroatoms. The number of para-hydroxylation sites is 4. The lowest BCUT2D eigenvalue weighted by Crippen LogP contribution is -1.96. The van der Waals surface area contributed by atoms with Gasteiger partial charge in [0.15, 0.2) is 0 Å². The summed E-state index contributed by atoms with van der Waals surface area (Å²) in [5, 5.41) is 9.42. The number of furan rings is 2. The SMILES string of the molecule is c1ccc(-c2cc(-c3ccccc3)cc(-n3c4ccccc4c4c5oc6ccccc6c5ccc43)c2)cc1.c1ccc(-c2cc(-c3ccccc3)cc(-n3c4ccccc4c4cc5c(cc43)oc3ccccc35)c2)cc1. The van der Waals surface area contributed by atoms with Crippen LogP contribution in [-0.4, -0.2) is 9.13 Å². The molecular formula is C72H46N2O2. The molecule has 4 heterocycles. The van der Waals surface area contributed by atoms with E-state index in [1.807, 2.05) is 18.2 Å². The highest BCUT2D eigenvalue weighted by Crippen LogP contribution is 2.43. The van der Waals surface area contributed by atoms with Gasteiger partial charge in [0, 0.05) is 55.1 Å². The molecule has 0 spiro atoms. The maximum absolute atomic E-state index is 6.50. The van der Waals surface area contributed by atoms with Crippen LogP contribution >= 0.6 is 0 Å². The molecule has 76 heavy (non-hydrogen) atoms. The summed E-state index contributed by atoms with van der Waals surface area (Å²) in [4.78, 5) is 0. The molecule has 4 aromatic heterocycles. The Morgan fingerprint density at radius 3 is 1.14 bits per heavy atom. The molecule has 356 valence electrons. The highest BCUT2D eigenvalue weighted by Gasteiger charge is 2.21. The largest absolute Gasteiger partial charge is 0.456 e. The van der Waals surface area contributed by atoms with E-state index >= 15 is 0 Å². The van der Waals surface area contributed by atoms with E-state index in [1.54, 1.807) is 0 Å². The van der Waals surface area contributed by atoms with Crippen LogP contribution in [0, 0.1) is 0 Å². The molecule has 4 nitrogen and oxygen atoms in total. The molecular weight excluding hydrogens is 925 g/mol. The van der Waals surface area contributed by atoms with Gasteiger partial charge in [0.1, 0.15) is 22.3 Å². The van der Waals surface area contributed by atoms with E-state index in [9.17, 15) is 0 Å². The van der Waals surface area contributed by atoms with Gasteiger partial charge in [0.2, 0.25) is 0 Å². The highest BCUT2D eigenvalue weighted by molar-refractivity contribution is 6.24. The lowest BCUT2D eigenvalue weighted by molar-refractivity contribution is 0.669. The third-order valence-electron chi connectivity index (χ3n) is 15.1. The van der Waals surface area contributed by atoms with Gasteiger partial charge in [0.05, 0.1) is 27.5 Å². The van der Waals surface area contributed by atoms with E-state index in [0.717, 1.165) is 71.7 Å². The Bertz CT molecular complexity index is 4590. The summed E-state index contributed by atoms with van der Waals surface area (Å²) in [5.74, 6) is 0. The summed E-state index contributed by atoms with van der Waals surface area (Å²) >= 11 is 0. The number of fused-ring (bicyclic) bond motifs is 13. The quantitative estimate of drug-likeness (QED) is 0.166. The molecule has 0 amide bonds. The molecule has 12 aromatic carbocycles. The average molecular weight is 971 g/mol. The minimum atomic E-state index is 0.908.